The molecule has 150 valence electrons. The highest BCUT2D eigenvalue weighted by atomic mass is 16.6. The number of piperazine rings is 1. The Hall–Kier alpha value is -2.76. The summed E-state index contributed by atoms with van der Waals surface area (Å²) in [4.78, 5) is 20.8. The second-order valence-corrected chi connectivity index (χ2v) is 7.98. The van der Waals surface area contributed by atoms with Crippen molar-refractivity contribution in [3.63, 3.8) is 0 Å². The molecule has 1 aliphatic rings. The molecule has 1 amide bonds. The highest BCUT2D eigenvalue weighted by Crippen LogP contribution is 2.23. The largest absolute Gasteiger partial charge is 0.487 e. The van der Waals surface area contributed by atoms with E-state index in [1.54, 1.807) is 4.90 Å². The average Bonchev–Trinajstić information content (AvgIpc) is 2.66. The number of rotatable bonds is 4. The molecule has 1 saturated heterocycles. The lowest BCUT2D eigenvalue weighted by molar-refractivity contribution is 0.0240. The minimum atomic E-state index is -0.470. The summed E-state index contributed by atoms with van der Waals surface area (Å²) in [7, 11) is 0. The number of amides is 1. The number of nitrogens with zero attached hydrogens (tertiary/aromatic N) is 3. The standard InChI is InChI=1S/C22H29N3O3/c1-17-19(27-16-18-8-6-5-7-9-18)10-11-20(23-17)24-12-14-25(15-13-24)21(26)28-22(2,3)4/h5-11H,12-16H2,1-4H3. The Bertz CT molecular complexity index is 794. The van der Waals surface area contributed by atoms with Gasteiger partial charge in [0.15, 0.2) is 0 Å². The van der Waals surface area contributed by atoms with Gasteiger partial charge >= 0.3 is 6.09 Å². The minimum Gasteiger partial charge on any atom is -0.487 e. The Morgan fingerprint density at radius 1 is 1.04 bits per heavy atom. The number of carbonyl (C=O) groups is 1. The monoisotopic (exact) mass is 383 g/mol. The molecule has 0 aliphatic carbocycles. The van der Waals surface area contributed by atoms with E-state index in [0.717, 1.165) is 35.9 Å². The molecule has 0 N–H and O–H groups in total. The van der Waals surface area contributed by atoms with Gasteiger partial charge in [-0.1, -0.05) is 30.3 Å². The molecule has 0 atom stereocenters. The van der Waals surface area contributed by atoms with Crippen molar-refractivity contribution in [3.8, 4) is 5.75 Å². The van der Waals surface area contributed by atoms with Crippen molar-refractivity contribution >= 4 is 11.9 Å². The number of pyridine rings is 1. The highest BCUT2D eigenvalue weighted by Gasteiger charge is 2.26. The smallest absolute Gasteiger partial charge is 0.410 e. The molecule has 0 unspecified atom stereocenters. The lowest BCUT2D eigenvalue weighted by Gasteiger charge is -2.36. The molecule has 1 aromatic carbocycles. The fourth-order valence-electron chi connectivity index (χ4n) is 3.04. The van der Waals surface area contributed by atoms with E-state index in [0.29, 0.717) is 19.7 Å². The van der Waals surface area contributed by atoms with Gasteiger partial charge in [-0.15, -0.1) is 0 Å². The average molecular weight is 383 g/mol. The number of anilines is 1. The second kappa shape index (κ2) is 8.50. The zero-order valence-electron chi connectivity index (χ0n) is 17.1. The van der Waals surface area contributed by atoms with Gasteiger partial charge in [-0.3, -0.25) is 0 Å². The maximum Gasteiger partial charge on any atom is 0.410 e. The lowest BCUT2D eigenvalue weighted by Crippen LogP contribution is -2.50. The van der Waals surface area contributed by atoms with Gasteiger partial charge in [-0.2, -0.15) is 0 Å². The number of ether oxygens (including phenoxy) is 2. The van der Waals surface area contributed by atoms with Gasteiger partial charge in [-0.05, 0) is 45.4 Å². The van der Waals surface area contributed by atoms with Gasteiger partial charge in [0.1, 0.15) is 23.8 Å². The van der Waals surface area contributed by atoms with Crippen molar-refractivity contribution in [2.24, 2.45) is 0 Å². The SMILES string of the molecule is Cc1nc(N2CCN(C(=O)OC(C)(C)C)CC2)ccc1OCc1ccccc1. The molecule has 0 spiro atoms. The van der Waals surface area contributed by atoms with Crippen molar-refractivity contribution in [1.82, 2.24) is 9.88 Å². The summed E-state index contributed by atoms with van der Waals surface area (Å²) in [5, 5.41) is 0. The number of benzene rings is 1. The van der Waals surface area contributed by atoms with Crippen LogP contribution in [0.15, 0.2) is 42.5 Å². The summed E-state index contributed by atoms with van der Waals surface area (Å²) < 4.78 is 11.4. The summed E-state index contributed by atoms with van der Waals surface area (Å²) >= 11 is 0. The number of aryl methyl sites for hydroxylation is 1. The molecule has 0 saturated carbocycles. The topological polar surface area (TPSA) is 54.9 Å². The molecule has 6 nitrogen and oxygen atoms in total. The molecule has 1 aliphatic heterocycles. The molecule has 3 rings (SSSR count). The van der Waals surface area contributed by atoms with E-state index in [9.17, 15) is 4.79 Å². The van der Waals surface area contributed by atoms with Crippen LogP contribution in [-0.2, 0) is 11.3 Å². The van der Waals surface area contributed by atoms with E-state index in [2.05, 4.69) is 4.90 Å². The van der Waals surface area contributed by atoms with Gasteiger partial charge < -0.3 is 19.3 Å². The Kier molecular flexibility index (Phi) is 6.07. The second-order valence-electron chi connectivity index (χ2n) is 7.98. The minimum absolute atomic E-state index is 0.249. The lowest BCUT2D eigenvalue weighted by atomic mass is 10.2. The van der Waals surface area contributed by atoms with Crippen LogP contribution in [0.25, 0.3) is 0 Å². The van der Waals surface area contributed by atoms with Gasteiger partial charge in [0.05, 0.1) is 5.69 Å². The van der Waals surface area contributed by atoms with E-state index in [1.807, 2.05) is 70.2 Å². The molecular weight excluding hydrogens is 354 g/mol. The van der Waals surface area contributed by atoms with Gasteiger partial charge in [0.2, 0.25) is 0 Å². The Morgan fingerprint density at radius 2 is 1.71 bits per heavy atom. The molecule has 28 heavy (non-hydrogen) atoms. The third kappa shape index (κ3) is 5.38. The fraction of sp³-hybridized carbons (Fsp3) is 0.455. The molecule has 1 fully saturated rings. The summed E-state index contributed by atoms with van der Waals surface area (Å²) in [5.74, 6) is 1.70. The van der Waals surface area contributed by atoms with Crippen LogP contribution in [0.5, 0.6) is 5.75 Å². The molecule has 1 aromatic heterocycles. The summed E-state index contributed by atoms with van der Waals surface area (Å²) in [6, 6.07) is 14.0. The van der Waals surface area contributed by atoms with E-state index >= 15 is 0 Å². The van der Waals surface area contributed by atoms with Crippen molar-refractivity contribution in [1.29, 1.82) is 0 Å². The maximum absolute atomic E-state index is 12.2. The zero-order valence-corrected chi connectivity index (χ0v) is 17.1. The summed E-state index contributed by atoms with van der Waals surface area (Å²) in [6.45, 7) is 10.9. The van der Waals surface area contributed by atoms with Crippen LogP contribution in [-0.4, -0.2) is 47.8 Å². The third-order valence-corrected chi connectivity index (χ3v) is 4.52. The van der Waals surface area contributed by atoms with Crippen molar-refractivity contribution in [2.75, 3.05) is 31.1 Å². The molecule has 6 heteroatoms. The number of hydrogen-bond donors (Lipinski definition) is 0. The normalized spacial score (nSPS) is 14.7. The van der Waals surface area contributed by atoms with E-state index in [-0.39, 0.29) is 6.09 Å². The number of hydrogen-bond acceptors (Lipinski definition) is 5. The fourth-order valence-corrected chi connectivity index (χ4v) is 3.04. The zero-order chi connectivity index (χ0) is 20.1. The highest BCUT2D eigenvalue weighted by molar-refractivity contribution is 5.68. The maximum atomic E-state index is 12.2. The van der Waals surface area contributed by atoms with Crippen LogP contribution in [0.2, 0.25) is 0 Å². The Balaban J connectivity index is 1.55. The predicted molar refractivity (Wildman–Crippen MR) is 110 cm³/mol. The summed E-state index contributed by atoms with van der Waals surface area (Å²) in [5.41, 5.74) is 1.52. The van der Waals surface area contributed by atoms with Crippen molar-refractivity contribution in [2.45, 2.75) is 39.9 Å². The van der Waals surface area contributed by atoms with Crippen LogP contribution in [0.1, 0.15) is 32.0 Å². The van der Waals surface area contributed by atoms with Gasteiger partial charge in [0.25, 0.3) is 0 Å². The van der Waals surface area contributed by atoms with Crippen LogP contribution in [0, 0.1) is 6.92 Å². The van der Waals surface area contributed by atoms with Crippen LogP contribution in [0.4, 0.5) is 10.6 Å². The molecule has 0 bridgehead atoms. The van der Waals surface area contributed by atoms with E-state index in [4.69, 9.17) is 14.5 Å². The van der Waals surface area contributed by atoms with E-state index < -0.39 is 5.60 Å². The first kappa shape index (κ1) is 20.0. The van der Waals surface area contributed by atoms with Crippen molar-refractivity contribution < 1.29 is 14.3 Å². The first-order valence-electron chi connectivity index (χ1n) is 9.69. The van der Waals surface area contributed by atoms with E-state index in [1.165, 1.54) is 0 Å². The van der Waals surface area contributed by atoms with Gasteiger partial charge in [-0.25, -0.2) is 9.78 Å². The predicted octanol–water partition coefficient (Wildman–Crippen LogP) is 4.03. The van der Waals surface area contributed by atoms with Gasteiger partial charge in [0, 0.05) is 26.2 Å². The molecule has 2 aromatic rings. The first-order chi connectivity index (χ1) is 13.3. The first-order valence-corrected chi connectivity index (χ1v) is 9.69. The Labute approximate surface area is 167 Å². The third-order valence-electron chi connectivity index (χ3n) is 4.52. The van der Waals surface area contributed by atoms with Crippen LogP contribution in [0.3, 0.4) is 0 Å². The van der Waals surface area contributed by atoms with Crippen LogP contribution < -0.4 is 9.64 Å². The molecular formula is C22H29N3O3. The molecule has 2 heterocycles. The number of aromatic nitrogens is 1. The van der Waals surface area contributed by atoms with Crippen molar-refractivity contribution in [3.05, 3.63) is 53.7 Å². The number of carbonyl (C=O) groups excluding carboxylic acids is 1. The molecule has 0 radical (unpaired) electrons. The quantitative estimate of drug-likeness (QED) is 0.798. The Morgan fingerprint density at radius 3 is 2.32 bits per heavy atom. The summed E-state index contributed by atoms with van der Waals surface area (Å²) in [6.07, 6.45) is -0.249. The van der Waals surface area contributed by atoms with Crippen LogP contribution >= 0.6 is 0 Å².